The summed E-state index contributed by atoms with van der Waals surface area (Å²) in [6.07, 6.45) is 2.73. The first-order valence-corrected chi connectivity index (χ1v) is 10.5. The van der Waals surface area contributed by atoms with E-state index in [1.807, 2.05) is 37.3 Å². The second-order valence-electron chi connectivity index (χ2n) is 7.21. The van der Waals surface area contributed by atoms with Gasteiger partial charge in [-0.2, -0.15) is 0 Å². The molecule has 166 valence electrons. The summed E-state index contributed by atoms with van der Waals surface area (Å²) < 4.78 is 5.08. The van der Waals surface area contributed by atoms with Gasteiger partial charge in [-0.1, -0.05) is 43.7 Å². The lowest BCUT2D eigenvalue weighted by atomic mass is 10.1. The maximum atomic E-state index is 12.6. The Morgan fingerprint density at radius 3 is 2.32 bits per heavy atom. The number of benzene rings is 2. The summed E-state index contributed by atoms with van der Waals surface area (Å²) in [6, 6.07) is 16.7. The van der Waals surface area contributed by atoms with Crippen LogP contribution in [0.25, 0.3) is 0 Å². The van der Waals surface area contributed by atoms with E-state index in [-0.39, 0.29) is 30.8 Å². The maximum absolute atomic E-state index is 12.6. The Morgan fingerprint density at radius 1 is 0.968 bits per heavy atom. The molecule has 0 saturated carbocycles. The summed E-state index contributed by atoms with van der Waals surface area (Å²) in [7, 11) is 1.57. The second kappa shape index (κ2) is 13.1. The number of hydrogen-bond acceptors (Lipinski definition) is 4. The van der Waals surface area contributed by atoms with Crippen molar-refractivity contribution in [1.82, 2.24) is 10.2 Å². The van der Waals surface area contributed by atoms with Gasteiger partial charge in [0, 0.05) is 18.7 Å². The van der Waals surface area contributed by atoms with Gasteiger partial charge in [-0.3, -0.25) is 14.4 Å². The predicted molar refractivity (Wildman–Crippen MR) is 121 cm³/mol. The molecule has 2 N–H and O–H groups in total. The number of methoxy groups -OCH3 is 1. The highest BCUT2D eigenvalue weighted by atomic mass is 16.5. The zero-order valence-corrected chi connectivity index (χ0v) is 18.2. The van der Waals surface area contributed by atoms with Gasteiger partial charge < -0.3 is 20.3 Å². The predicted octanol–water partition coefficient (Wildman–Crippen LogP) is 3.01. The number of carbonyl (C=O) groups is 3. The third-order valence-corrected chi connectivity index (χ3v) is 4.76. The minimum atomic E-state index is -0.353. The number of ether oxygens (including phenoxy) is 1. The first kappa shape index (κ1) is 23.9. The smallest absolute Gasteiger partial charge is 0.243 e. The fraction of sp³-hybridized carbons (Fsp3) is 0.375. The van der Waals surface area contributed by atoms with Crippen LogP contribution >= 0.6 is 0 Å². The minimum Gasteiger partial charge on any atom is -0.497 e. The first-order valence-electron chi connectivity index (χ1n) is 10.5. The van der Waals surface area contributed by atoms with E-state index in [0.29, 0.717) is 30.8 Å². The van der Waals surface area contributed by atoms with Crippen LogP contribution in [-0.2, 0) is 20.8 Å². The number of rotatable bonds is 12. The lowest BCUT2D eigenvalue weighted by Gasteiger charge is -2.22. The topological polar surface area (TPSA) is 87.7 Å². The molecular weight excluding hydrogens is 394 g/mol. The Balaban J connectivity index is 1.80. The number of aryl methyl sites for hydroxylation is 1. The van der Waals surface area contributed by atoms with Crippen LogP contribution in [-0.4, -0.2) is 49.4 Å². The van der Waals surface area contributed by atoms with Crippen LogP contribution in [0, 0.1) is 0 Å². The summed E-state index contributed by atoms with van der Waals surface area (Å²) in [5.41, 5.74) is 1.70. The Bertz CT molecular complexity index is 838. The van der Waals surface area contributed by atoms with Crippen molar-refractivity contribution in [2.75, 3.05) is 32.1 Å². The quantitative estimate of drug-likeness (QED) is 0.547. The molecule has 0 atom stereocenters. The molecule has 2 rings (SSSR count). The third kappa shape index (κ3) is 8.90. The SMILES string of the molecule is CCCCN(CC(=O)NCC(=O)Nc1ccc(OC)cc1)C(=O)CCc1ccccc1. The molecule has 0 saturated heterocycles. The monoisotopic (exact) mass is 425 g/mol. The van der Waals surface area contributed by atoms with E-state index in [1.165, 1.54) is 0 Å². The number of unbranched alkanes of at least 4 members (excludes halogenated alkanes) is 1. The van der Waals surface area contributed by atoms with E-state index >= 15 is 0 Å². The van der Waals surface area contributed by atoms with Crippen LogP contribution in [0.5, 0.6) is 5.75 Å². The number of anilines is 1. The van der Waals surface area contributed by atoms with Crippen molar-refractivity contribution in [3.05, 3.63) is 60.2 Å². The average molecular weight is 426 g/mol. The Kier molecular flexibility index (Phi) is 10.1. The molecule has 0 bridgehead atoms. The fourth-order valence-corrected chi connectivity index (χ4v) is 2.98. The van der Waals surface area contributed by atoms with Crippen molar-refractivity contribution < 1.29 is 19.1 Å². The van der Waals surface area contributed by atoms with Crippen LogP contribution in [0.2, 0.25) is 0 Å². The Hall–Kier alpha value is -3.35. The molecule has 0 spiro atoms. The number of amides is 3. The van der Waals surface area contributed by atoms with Crippen molar-refractivity contribution >= 4 is 23.4 Å². The average Bonchev–Trinajstić information content (AvgIpc) is 2.80. The third-order valence-electron chi connectivity index (χ3n) is 4.76. The summed E-state index contributed by atoms with van der Waals surface area (Å²) >= 11 is 0. The molecule has 0 radical (unpaired) electrons. The van der Waals surface area contributed by atoms with Crippen LogP contribution in [0.15, 0.2) is 54.6 Å². The molecule has 0 aromatic heterocycles. The van der Waals surface area contributed by atoms with Crippen LogP contribution in [0.3, 0.4) is 0 Å². The summed E-state index contributed by atoms with van der Waals surface area (Å²) in [6.45, 7) is 2.35. The van der Waals surface area contributed by atoms with E-state index in [0.717, 1.165) is 18.4 Å². The van der Waals surface area contributed by atoms with Crippen LogP contribution < -0.4 is 15.4 Å². The van der Waals surface area contributed by atoms with Crippen molar-refractivity contribution in [3.8, 4) is 5.75 Å². The Morgan fingerprint density at radius 2 is 1.68 bits per heavy atom. The summed E-state index contributed by atoms with van der Waals surface area (Å²) in [4.78, 5) is 38.6. The molecule has 0 aliphatic rings. The van der Waals surface area contributed by atoms with E-state index < -0.39 is 0 Å². The highest BCUT2D eigenvalue weighted by Crippen LogP contribution is 2.14. The highest BCUT2D eigenvalue weighted by molar-refractivity contribution is 5.95. The van der Waals surface area contributed by atoms with Gasteiger partial charge in [-0.15, -0.1) is 0 Å². The van der Waals surface area contributed by atoms with Crippen LogP contribution in [0.1, 0.15) is 31.7 Å². The zero-order valence-electron chi connectivity index (χ0n) is 18.2. The molecule has 0 aliphatic heterocycles. The molecule has 7 nitrogen and oxygen atoms in total. The summed E-state index contributed by atoms with van der Waals surface area (Å²) in [5.74, 6) is -0.0615. The van der Waals surface area contributed by atoms with Crippen LogP contribution in [0.4, 0.5) is 5.69 Å². The standard InChI is InChI=1S/C24H31N3O4/c1-3-4-16-27(24(30)15-10-19-8-6-5-7-9-19)18-23(29)25-17-22(28)26-20-11-13-21(31-2)14-12-20/h5-9,11-14H,3-4,10,15-18H2,1-2H3,(H,25,29)(H,26,28). The van der Waals surface area contributed by atoms with Gasteiger partial charge in [0.1, 0.15) is 5.75 Å². The zero-order chi connectivity index (χ0) is 22.5. The Labute approximate surface area is 183 Å². The lowest BCUT2D eigenvalue weighted by Crippen LogP contribution is -2.43. The van der Waals surface area contributed by atoms with E-state index in [9.17, 15) is 14.4 Å². The first-order chi connectivity index (χ1) is 15.0. The molecule has 0 fully saturated rings. The van der Waals surface area contributed by atoms with Gasteiger partial charge in [-0.05, 0) is 42.7 Å². The van der Waals surface area contributed by atoms with Gasteiger partial charge in [0.2, 0.25) is 17.7 Å². The largest absolute Gasteiger partial charge is 0.497 e. The fourth-order valence-electron chi connectivity index (χ4n) is 2.98. The van der Waals surface area contributed by atoms with Crippen molar-refractivity contribution in [2.45, 2.75) is 32.6 Å². The lowest BCUT2D eigenvalue weighted by molar-refractivity contribution is -0.136. The van der Waals surface area contributed by atoms with E-state index in [1.54, 1.807) is 36.3 Å². The maximum Gasteiger partial charge on any atom is 0.243 e. The minimum absolute atomic E-state index is 0.0521. The molecule has 2 aromatic carbocycles. The second-order valence-corrected chi connectivity index (χ2v) is 7.21. The highest BCUT2D eigenvalue weighted by Gasteiger charge is 2.17. The van der Waals surface area contributed by atoms with Gasteiger partial charge >= 0.3 is 0 Å². The molecule has 0 heterocycles. The summed E-state index contributed by atoms with van der Waals surface area (Å²) in [5, 5.41) is 5.30. The molecule has 31 heavy (non-hydrogen) atoms. The normalized spacial score (nSPS) is 10.3. The van der Waals surface area contributed by atoms with Gasteiger partial charge in [-0.25, -0.2) is 0 Å². The number of carbonyl (C=O) groups excluding carboxylic acids is 3. The van der Waals surface area contributed by atoms with Crippen molar-refractivity contribution in [1.29, 1.82) is 0 Å². The van der Waals surface area contributed by atoms with Crippen molar-refractivity contribution in [2.24, 2.45) is 0 Å². The van der Waals surface area contributed by atoms with E-state index in [4.69, 9.17) is 4.74 Å². The van der Waals surface area contributed by atoms with E-state index in [2.05, 4.69) is 10.6 Å². The molecule has 7 heteroatoms. The molecule has 2 aromatic rings. The molecular formula is C24H31N3O4. The van der Waals surface area contributed by atoms with Gasteiger partial charge in [0.15, 0.2) is 0 Å². The number of nitrogens with zero attached hydrogens (tertiary/aromatic N) is 1. The number of nitrogens with one attached hydrogen (secondary N) is 2. The van der Waals surface area contributed by atoms with Crippen molar-refractivity contribution in [3.63, 3.8) is 0 Å². The molecule has 0 aliphatic carbocycles. The molecule has 0 unspecified atom stereocenters. The molecule has 3 amide bonds. The number of hydrogen-bond donors (Lipinski definition) is 2. The van der Waals surface area contributed by atoms with Gasteiger partial charge in [0.25, 0.3) is 0 Å². The van der Waals surface area contributed by atoms with Gasteiger partial charge in [0.05, 0.1) is 20.2 Å².